The van der Waals surface area contributed by atoms with Gasteiger partial charge < -0.3 is 4.52 Å². The van der Waals surface area contributed by atoms with Crippen LogP contribution in [0.4, 0.5) is 10.3 Å². The highest BCUT2D eigenvalue weighted by Crippen LogP contribution is 2.27. The van der Waals surface area contributed by atoms with Crippen LogP contribution in [-0.2, 0) is 0 Å². The largest absolute Gasteiger partial charge is 0.338 e. The minimum atomic E-state index is -0.392. The van der Waals surface area contributed by atoms with Gasteiger partial charge in [0.1, 0.15) is 5.82 Å². The van der Waals surface area contributed by atoms with E-state index in [1.807, 2.05) is 30.3 Å². The summed E-state index contributed by atoms with van der Waals surface area (Å²) in [6.07, 6.45) is 1.54. The van der Waals surface area contributed by atoms with E-state index < -0.39 is 5.82 Å². The monoisotopic (exact) mass is 282 g/mol. The van der Waals surface area contributed by atoms with Crippen LogP contribution in [0, 0.1) is 5.82 Å². The zero-order valence-electron chi connectivity index (χ0n) is 10.9. The van der Waals surface area contributed by atoms with Gasteiger partial charge >= 0.3 is 0 Å². The van der Waals surface area contributed by atoms with Crippen molar-refractivity contribution in [1.82, 2.24) is 5.16 Å². The molecule has 1 amide bonds. The average molecular weight is 282 g/mol. The summed E-state index contributed by atoms with van der Waals surface area (Å²) in [5.41, 5.74) is 1.91. The molecule has 3 aromatic rings. The predicted molar refractivity (Wildman–Crippen MR) is 76.3 cm³/mol. The van der Waals surface area contributed by atoms with Crippen LogP contribution in [-0.4, -0.2) is 11.1 Å². The highest BCUT2D eigenvalue weighted by molar-refractivity contribution is 6.05. The minimum Gasteiger partial charge on any atom is -0.338 e. The van der Waals surface area contributed by atoms with Crippen molar-refractivity contribution in [3.63, 3.8) is 0 Å². The zero-order valence-corrected chi connectivity index (χ0v) is 10.9. The van der Waals surface area contributed by atoms with E-state index in [4.69, 9.17) is 4.52 Å². The normalized spacial score (nSPS) is 10.3. The number of anilines is 1. The third-order valence-corrected chi connectivity index (χ3v) is 2.99. The maximum atomic E-state index is 12.9. The second-order valence-corrected chi connectivity index (χ2v) is 4.40. The van der Waals surface area contributed by atoms with Gasteiger partial charge in [0, 0.05) is 5.56 Å². The second kappa shape index (κ2) is 5.58. The minimum absolute atomic E-state index is 0.260. The first kappa shape index (κ1) is 13.1. The summed E-state index contributed by atoms with van der Waals surface area (Å²) in [6.45, 7) is 0. The van der Waals surface area contributed by atoms with Crippen molar-refractivity contribution in [2.75, 3.05) is 5.32 Å². The molecule has 3 rings (SSSR count). The lowest BCUT2D eigenvalue weighted by atomic mass is 10.1. The molecule has 1 N–H and O–H groups in total. The predicted octanol–water partition coefficient (Wildman–Crippen LogP) is 3.73. The van der Waals surface area contributed by atoms with E-state index in [1.165, 1.54) is 30.5 Å². The molecule has 0 spiro atoms. The number of nitrogens with zero attached hydrogens (tertiary/aromatic N) is 1. The molecule has 0 aliphatic heterocycles. The molecule has 0 aliphatic rings. The Bertz CT molecular complexity index is 751. The number of halogens is 1. The van der Waals surface area contributed by atoms with Gasteiger partial charge in [0.2, 0.25) is 5.88 Å². The van der Waals surface area contributed by atoms with Gasteiger partial charge in [-0.25, -0.2) is 4.39 Å². The fourth-order valence-electron chi connectivity index (χ4n) is 1.93. The summed E-state index contributed by atoms with van der Waals surface area (Å²) in [6, 6.07) is 14.7. The molecule has 4 nitrogen and oxygen atoms in total. The van der Waals surface area contributed by atoms with Crippen LogP contribution in [0.5, 0.6) is 0 Å². The molecule has 1 aromatic heterocycles. The molecule has 21 heavy (non-hydrogen) atoms. The van der Waals surface area contributed by atoms with Crippen molar-refractivity contribution in [3.05, 3.63) is 72.2 Å². The third kappa shape index (κ3) is 2.81. The topological polar surface area (TPSA) is 55.1 Å². The van der Waals surface area contributed by atoms with E-state index >= 15 is 0 Å². The number of hydrogen-bond donors (Lipinski definition) is 1. The first-order chi connectivity index (χ1) is 10.2. The molecule has 0 saturated heterocycles. The van der Waals surface area contributed by atoms with Gasteiger partial charge in [0.15, 0.2) is 0 Å². The van der Waals surface area contributed by atoms with Gasteiger partial charge in [0.05, 0.1) is 11.8 Å². The van der Waals surface area contributed by atoms with Crippen molar-refractivity contribution >= 4 is 11.8 Å². The van der Waals surface area contributed by atoms with Gasteiger partial charge in [-0.3, -0.25) is 10.1 Å². The number of nitrogens with one attached hydrogen (secondary N) is 1. The summed E-state index contributed by atoms with van der Waals surface area (Å²) in [7, 11) is 0. The number of benzene rings is 2. The van der Waals surface area contributed by atoms with Gasteiger partial charge in [-0.1, -0.05) is 35.5 Å². The Morgan fingerprint density at radius 2 is 1.76 bits per heavy atom. The van der Waals surface area contributed by atoms with E-state index in [-0.39, 0.29) is 11.8 Å². The number of hydrogen-bond acceptors (Lipinski definition) is 3. The van der Waals surface area contributed by atoms with E-state index in [9.17, 15) is 9.18 Å². The van der Waals surface area contributed by atoms with Gasteiger partial charge in [-0.15, -0.1) is 0 Å². The summed E-state index contributed by atoms with van der Waals surface area (Å²) < 4.78 is 17.9. The maximum Gasteiger partial charge on any atom is 0.258 e. The average Bonchev–Trinajstić information content (AvgIpc) is 2.97. The summed E-state index contributed by atoms with van der Waals surface area (Å²) in [5, 5.41) is 6.34. The molecule has 104 valence electrons. The number of aromatic nitrogens is 1. The van der Waals surface area contributed by atoms with Crippen LogP contribution >= 0.6 is 0 Å². The summed E-state index contributed by atoms with van der Waals surface area (Å²) in [5.74, 6) is -0.518. The van der Waals surface area contributed by atoms with E-state index in [0.717, 1.165) is 5.56 Å². The van der Waals surface area contributed by atoms with Crippen LogP contribution < -0.4 is 5.32 Å². The Labute approximate surface area is 120 Å². The molecule has 0 radical (unpaired) electrons. The van der Waals surface area contributed by atoms with Crippen molar-refractivity contribution in [1.29, 1.82) is 0 Å². The van der Waals surface area contributed by atoms with E-state index in [2.05, 4.69) is 10.5 Å². The fourth-order valence-corrected chi connectivity index (χ4v) is 1.93. The lowest BCUT2D eigenvalue weighted by Crippen LogP contribution is -2.11. The summed E-state index contributed by atoms with van der Waals surface area (Å²) in [4.78, 5) is 12.1. The van der Waals surface area contributed by atoms with Gasteiger partial charge in [-0.2, -0.15) is 0 Å². The first-order valence-electron chi connectivity index (χ1n) is 6.31. The molecule has 0 fully saturated rings. The second-order valence-electron chi connectivity index (χ2n) is 4.40. The molecule has 0 unspecified atom stereocenters. The van der Waals surface area contributed by atoms with E-state index in [0.29, 0.717) is 11.1 Å². The van der Waals surface area contributed by atoms with Gasteiger partial charge in [-0.05, 0) is 29.8 Å². The van der Waals surface area contributed by atoms with Crippen LogP contribution in [0.2, 0.25) is 0 Å². The van der Waals surface area contributed by atoms with Crippen molar-refractivity contribution in [3.8, 4) is 11.1 Å². The zero-order chi connectivity index (χ0) is 14.7. The van der Waals surface area contributed by atoms with E-state index in [1.54, 1.807) is 0 Å². The SMILES string of the molecule is O=C(Nc1oncc1-c1ccccc1)c1ccc(F)cc1. The number of carbonyl (C=O) groups excluding carboxylic acids is 1. The third-order valence-electron chi connectivity index (χ3n) is 2.99. The van der Waals surface area contributed by atoms with Crippen LogP contribution in [0.15, 0.2) is 65.3 Å². The lowest BCUT2D eigenvalue weighted by Gasteiger charge is -2.04. The fraction of sp³-hybridized carbons (Fsp3) is 0. The molecule has 0 bridgehead atoms. The number of carbonyl (C=O) groups is 1. The molecule has 0 atom stereocenters. The molecule has 0 aliphatic carbocycles. The Balaban J connectivity index is 1.85. The Kier molecular flexibility index (Phi) is 3.47. The molecule has 2 aromatic carbocycles. The first-order valence-corrected chi connectivity index (χ1v) is 6.31. The Morgan fingerprint density at radius 1 is 1.05 bits per heavy atom. The van der Waals surface area contributed by atoms with Crippen molar-refractivity contribution < 1.29 is 13.7 Å². The van der Waals surface area contributed by atoms with Crippen molar-refractivity contribution in [2.45, 2.75) is 0 Å². The van der Waals surface area contributed by atoms with Gasteiger partial charge in [0.25, 0.3) is 5.91 Å². The lowest BCUT2D eigenvalue weighted by molar-refractivity contribution is 0.102. The smallest absolute Gasteiger partial charge is 0.258 e. The Morgan fingerprint density at radius 3 is 2.48 bits per heavy atom. The maximum absolute atomic E-state index is 12.9. The highest BCUT2D eigenvalue weighted by atomic mass is 19.1. The van der Waals surface area contributed by atoms with Crippen LogP contribution in [0.25, 0.3) is 11.1 Å². The molecule has 0 saturated carbocycles. The van der Waals surface area contributed by atoms with Crippen LogP contribution in [0.1, 0.15) is 10.4 Å². The molecular weight excluding hydrogens is 271 g/mol. The van der Waals surface area contributed by atoms with Crippen molar-refractivity contribution in [2.24, 2.45) is 0 Å². The molecule has 5 heteroatoms. The number of amides is 1. The Hall–Kier alpha value is -2.95. The summed E-state index contributed by atoms with van der Waals surface area (Å²) >= 11 is 0. The van der Waals surface area contributed by atoms with Crippen LogP contribution in [0.3, 0.4) is 0 Å². The standard InChI is InChI=1S/C16H11FN2O2/c17-13-8-6-12(7-9-13)15(20)19-16-14(10-18-21-16)11-4-2-1-3-5-11/h1-10H,(H,19,20). The molecular formula is C16H11FN2O2. The quantitative estimate of drug-likeness (QED) is 0.796. The number of rotatable bonds is 3. The molecule has 1 heterocycles. The highest BCUT2D eigenvalue weighted by Gasteiger charge is 2.14.